The molecule has 0 amide bonds. The number of hydrogen-bond donors (Lipinski definition) is 2. The van der Waals surface area contributed by atoms with Gasteiger partial charge in [0.1, 0.15) is 0 Å². The lowest BCUT2D eigenvalue weighted by atomic mass is 9.20. The first-order valence-electron chi connectivity index (χ1n) is 5.70. The topological polar surface area (TPSA) is 57.5 Å². The van der Waals surface area contributed by atoms with Crippen molar-refractivity contribution in [3.8, 4) is 0 Å². The fraction of sp³-hybridized carbons (Fsp3) is 0.462. The molecule has 3 heteroatoms. The number of hydrogen-bond acceptors (Lipinski definition) is 2. The van der Waals surface area contributed by atoms with Crippen LogP contribution in [0.15, 0.2) is 24.3 Å². The van der Waals surface area contributed by atoms with Crippen molar-refractivity contribution in [1.29, 1.82) is 0 Å². The second-order valence-corrected chi connectivity index (χ2v) is 5.32. The van der Waals surface area contributed by atoms with Crippen LogP contribution in [0.3, 0.4) is 0 Å². The molecule has 5 aliphatic carbocycles. The first-order chi connectivity index (χ1) is 7.64. The van der Waals surface area contributed by atoms with Crippen molar-refractivity contribution in [2.75, 3.05) is 0 Å². The molecule has 16 heavy (non-hydrogen) atoms. The highest BCUT2D eigenvalue weighted by Gasteiger charge is 2.84. The van der Waals surface area contributed by atoms with E-state index in [1.807, 2.05) is 0 Å². The molecule has 0 unspecified atom stereocenters. The van der Waals surface area contributed by atoms with Gasteiger partial charge in [0.25, 0.3) is 0 Å². The molecular weight excluding hydrogens is 204 g/mol. The molecule has 4 bridgehead atoms. The zero-order valence-corrected chi connectivity index (χ0v) is 8.63. The largest absolute Gasteiger partial charge is 0.478 e. The third kappa shape index (κ3) is 0.669. The third-order valence-electron chi connectivity index (χ3n) is 5.00. The lowest BCUT2D eigenvalue weighted by molar-refractivity contribution is -0.431. The van der Waals surface area contributed by atoms with Crippen LogP contribution in [-0.2, 0) is 5.60 Å². The molecule has 0 aliphatic heterocycles. The molecule has 5 aliphatic rings. The Bertz CT molecular complexity index is 468. The average molecular weight is 216 g/mol. The second-order valence-electron chi connectivity index (χ2n) is 5.32. The van der Waals surface area contributed by atoms with Crippen LogP contribution in [0.2, 0.25) is 0 Å². The summed E-state index contributed by atoms with van der Waals surface area (Å²) < 4.78 is 0. The van der Waals surface area contributed by atoms with Gasteiger partial charge in [-0.15, -0.1) is 0 Å². The van der Waals surface area contributed by atoms with Gasteiger partial charge in [-0.3, -0.25) is 0 Å². The van der Waals surface area contributed by atoms with Crippen molar-refractivity contribution >= 4 is 5.97 Å². The van der Waals surface area contributed by atoms with E-state index in [1.165, 1.54) is 6.42 Å². The van der Waals surface area contributed by atoms with Gasteiger partial charge in [0, 0.05) is 0 Å². The summed E-state index contributed by atoms with van der Waals surface area (Å²) in [6.07, 6.45) is 1.30. The summed E-state index contributed by atoms with van der Waals surface area (Å²) in [5.74, 6) is 1.53. The van der Waals surface area contributed by atoms with Crippen molar-refractivity contribution in [1.82, 2.24) is 0 Å². The molecule has 1 aromatic rings. The smallest absolute Gasteiger partial charge is 0.335 e. The van der Waals surface area contributed by atoms with Crippen LogP contribution in [-0.4, -0.2) is 16.2 Å². The number of aliphatic hydroxyl groups is 1. The number of aromatic carboxylic acids is 1. The molecule has 0 spiro atoms. The zero-order chi connectivity index (χ0) is 11.1. The van der Waals surface area contributed by atoms with Crippen molar-refractivity contribution in [3.63, 3.8) is 0 Å². The Labute approximate surface area is 92.7 Å². The minimum Gasteiger partial charge on any atom is -0.478 e. The Kier molecular flexibility index (Phi) is 1.27. The van der Waals surface area contributed by atoms with Crippen molar-refractivity contribution in [2.45, 2.75) is 12.0 Å². The van der Waals surface area contributed by atoms with Crippen LogP contribution in [0.5, 0.6) is 0 Å². The maximum atomic E-state index is 10.7. The van der Waals surface area contributed by atoms with E-state index in [-0.39, 0.29) is 5.56 Å². The Morgan fingerprint density at radius 2 is 1.75 bits per heavy atom. The minimum atomic E-state index is -0.917. The van der Waals surface area contributed by atoms with Crippen LogP contribution in [0.25, 0.3) is 0 Å². The van der Waals surface area contributed by atoms with E-state index in [0.29, 0.717) is 11.8 Å². The first kappa shape index (κ1) is 8.76. The number of carboxylic acid groups (broad SMARTS) is 1. The Hall–Kier alpha value is -1.35. The van der Waals surface area contributed by atoms with Crippen molar-refractivity contribution in [3.05, 3.63) is 35.4 Å². The summed E-state index contributed by atoms with van der Waals surface area (Å²) in [4.78, 5) is 10.7. The summed E-state index contributed by atoms with van der Waals surface area (Å²) in [6, 6.07) is 6.69. The quantitative estimate of drug-likeness (QED) is 0.787. The van der Waals surface area contributed by atoms with E-state index >= 15 is 0 Å². The third-order valence-corrected chi connectivity index (χ3v) is 5.00. The Morgan fingerprint density at radius 1 is 1.19 bits per heavy atom. The summed E-state index contributed by atoms with van der Waals surface area (Å²) in [7, 11) is 0. The van der Waals surface area contributed by atoms with Crippen LogP contribution >= 0.6 is 0 Å². The molecule has 3 nitrogen and oxygen atoms in total. The molecule has 0 aromatic heterocycles. The Morgan fingerprint density at radius 3 is 2.12 bits per heavy atom. The lowest BCUT2D eigenvalue weighted by Gasteiger charge is -2.85. The van der Waals surface area contributed by atoms with E-state index in [1.54, 1.807) is 24.3 Å². The van der Waals surface area contributed by atoms with Gasteiger partial charge >= 0.3 is 5.97 Å². The highest BCUT2D eigenvalue weighted by Crippen LogP contribution is 2.84. The van der Waals surface area contributed by atoms with Crippen LogP contribution in [0.4, 0.5) is 0 Å². The predicted octanol–water partition coefficient (Wildman–Crippen LogP) is 1.47. The molecule has 0 heterocycles. The molecule has 0 atom stereocenters. The van der Waals surface area contributed by atoms with Gasteiger partial charge in [0.15, 0.2) is 0 Å². The molecule has 2 N–H and O–H groups in total. The van der Waals surface area contributed by atoms with Gasteiger partial charge in [0.2, 0.25) is 0 Å². The van der Waals surface area contributed by atoms with E-state index in [0.717, 1.165) is 17.4 Å². The predicted molar refractivity (Wildman–Crippen MR) is 55.9 cm³/mol. The van der Waals surface area contributed by atoms with E-state index in [9.17, 15) is 9.90 Å². The van der Waals surface area contributed by atoms with Gasteiger partial charge in [-0.2, -0.15) is 0 Å². The fourth-order valence-corrected chi connectivity index (χ4v) is 4.00. The van der Waals surface area contributed by atoms with Crippen LogP contribution < -0.4 is 0 Å². The molecule has 1 aromatic carbocycles. The number of benzene rings is 1. The number of carboxylic acids is 1. The van der Waals surface area contributed by atoms with Crippen molar-refractivity contribution < 1.29 is 15.0 Å². The van der Waals surface area contributed by atoms with Crippen LogP contribution in [0.1, 0.15) is 22.3 Å². The Balaban J connectivity index is 1.67. The van der Waals surface area contributed by atoms with Crippen LogP contribution in [0, 0.1) is 23.7 Å². The standard InChI is InChI=1S/C13H12O3/c14-12(15)6-1-3-7(4-2-6)13(16)10-8-5-9(10)11(8)13/h1-4,8-11,16H,5H2,(H,14,15). The molecule has 6 rings (SSSR count). The summed E-state index contributed by atoms with van der Waals surface area (Å²) >= 11 is 0. The SMILES string of the molecule is O=C(O)c1ccc(C2(O)C3C4CC3C42)cc1. The van der Waals surface area contributed by atoms with Crippen molar-refractivity contribution in [2.24, 2.45) is 23.7 Å². The molecule has 5 saturated carbocycles. The molecule has 82 valence electrons. The number of carbonyl (C=O) groups is 1. The average Bonchev–Trinajstić information content (AvgIpc) is 2.13. The summed E-state index contributed by atoms with van der Waals surface area (Å²) in [5, 5.41) is 19.3. The highest BCUT2D eigenvalue weighted by molar-refractivity contribution is 5.87. The zero-order valence-electron chi connectivity index (χ0n) is 8.63. The van der Waals surface area contributed by atoms with E-state index < -0.39 is 11.6 Å². The summed E-state index contributed by atoms with van der Waals surface area (Å²) in [6.45, 7) is 0. The molecule has 0 saturated heterocycles. The normalized spacial score (nSPS) is 46.3. The second kappa shape index (κ2) is 2.33. The minimum absolute atomic E-state index is 0.283. The van der Waals surface area contributed by atoms with E-state index in [2.05, 4.69) is 0 Å². The van der Waals surface area contributed by atoms with Gasteiger partial charge in [-0.1, -0.05) is 12.1 Å². The van der Waals surface area contributed by atoms with Gasteiger partial charge in [0.05, 0.1) is 11.2 Å². The fourth-order valence-electron chi connectivity index (χ4n) is 4.00. The highest BCUT2D eigenvalue weighted by atomic mass is 16.4. The van der Waals surface area contributed by atoms with E-state index in [4.69, 9.17) is 5.11 Å². The first-order valence-corrected chi connectivity index (χ1v) is 5.70. The monoisotopic (exact) mass is 216 g/mol. The maximum Gasteiger partial charge on any atom is 0.335 e. The molecular formula is C13H12O3. The summed E-state index contributed by atoms with van der Waals surface area (Å²) in [5.41, 5.74) is 0.565. The number of rotatable bonds is 2. The van der Waals surface area contributed by atoms with Gasteiger partial charge < -0.3 is 10.2 Å². The lowest BCUT2D eigenvalue weighted by Crippen LogP contribution is -2.85. The van der Waals surface area contributed by atoms with Gasteiger partial charge in [-0.25, -0.2) is 4.79 Å². The van der Waals surface area contributed by atoms with Gasteiger partial charge in [-0.05, 0) is 47.8 Å². The maximum absolute atomic E-state index is 10.7. The molecule has 0 radical (unpaired) electrons. The molecule has 5 fully saturated rings.